The number of rotatable bonds is 7. The first-order chi connectivity index (χ1) is 11.1. The monoisotopic (exact) mass is 317 g/mol. The van der Waals surface area contributed by atoms with E-state index in [1.54, 1.807) is 30.3 Å². The van der Waals surface area contributed by atoms with Gasteiger partial charge in [-0.25, -0.2) is 0 Å². The fourth-order valence-corrected chi connectivity index (χ4v) is 2.34. The molecule has 2 aromatic rings. The van der Waals surface area contributed by atoms with Crippen LogP contribution in [0.2, 0.25) is 0 Å². The Balaban J connectivity index is 2.68. The average Bonchev–Trinajstić information content (AvgIpc) is 2.59. The Labute approximate surface area is 132 Å². The van der Waals surface area contributed by atoms with E-state index < -0.39 is 11.0 Å². The zero-order chi connectivity index (χ0) is 16.8. The number of nitrogens with zero attached hydrogens (tertiary/aromatic N) is 1. The molecule has 2 aromatic carbocycles. The summed E-state index contributed by atoms with van der Waals surface area (Å²) in [7, 11) is 2.70. The lowest BCUT2D eigenvalue weighted by Gasteiger charge is -2.18. The molecule has 0 spiro atoms. The molecule has 0 aliphatic rings. The Morgan fingerprint density at radius 2 is 1.78 bits per heavy atom. The predicted molar refractivity (Wildman–Crippen MR) is 81.6 cm³/mol. The minimum absolute atomic E-state index is 0.0227. The molecule has 0 radical (unpaired) electrons. The highest BCUT2D eigenvalue weighted by Gasteiger charge is 2.31. The molecule has 0 fully saturated rings. The van der Waals surface area contributed by atoms with E-state index >= 15 is 0 Å². The number of nitro benzene ring substituents is 1. The number of hydrogen-bond donors (Lipinski definition) is 0. The van der Waals surface area contributed by atoms with Crippen LogP contribution in [-0.2, 0) is 9.53 Å². The van der Waals surface area contributed by atoms with Gasteiger partial charge in [0.1, 0.15) is 0 Å². The number of ether oxygens (including phenoxy) is 3. The van der Waals surface area contributed by atoms with Crippen molar-refractivity contribution in [3.63, 3.8) is 0 Å². The molecule has 0 heterocycles. The maximum absolute atomic E-state index is 11.5. The van der Waals surface area contributed by atoms with E-state index in [0.717, 1.165) is 0 Å². The summed E-state index contributed by atoms with van der Waals surface area (Å²) in [5, 5.41) is 11.5. The molecule has 0 amide bonds. The van der Waals surface area contributed by atoms with Crippen molar-refractivity contribution in [2.24, 2.45) is 0 Å². The highest BCUT2D eigenvalue weighted by Crippen LogP contribution is 2.43. The first kappa shape index (κ1) is 16.3. The summed E-state index contributed by atoms with van der Waals surface area (Å²) < 4.78 is 15.3. The maximum atomic E-state index is 11.5. The van der Waals surface area contributed by atoms with Crippen LogP contribution in [0.5, 0.6) is 11.5 Å². The van der Waals surface area contributed by atoms with Gasteiger partial charge in [0.15, 0.2) is 11.9 Å². The Morgan fingerprint density at radius 1 is 1.09 bits per heavy atom. The summed E-state index contributed by atoms with van der Waals surface area (Å²) >= 11 is 0. The van der Waals surface area contributed by atoms with Gasteiger partial charge < -0.3 is 14.2 Å². The molecule has 7 heteroatoms. The number of hydrogen-bond acceptors (Lipinski definition) is 6. The molecule has 0 aliphatic heterocycles. The fraction of sp³-hybridized carbons (Fsp3) is 0.188. The van der Waals surface area contributed by atoms with E-state index in [-0.39, 0.29) is 29.2 Å². The topological polar surface area (TPSA) is 87.9 Å². The van der Waals surface area contributed by atoms with Crippen LogP contribution < -0.4 is 9.47 Å². The largest absolute Gasteiger partial charge is 0.493 e. The number of carbonyl (C=O) groups is 1. The van der Waals surface area contributed by atoms with Gasteiger partial charge in [0.25, 0.3) is 6.47 Å². The van der Waals surface area contributed by atoms with Gasteiger partial charge in [-0.3, -0.25) is 14.9 Å². The van der Waals surface area contributed by atoms with Crippen molar-refractivity contribution >= 4 is 12.2 Å². The minimum Gasteiger partial charge on any atom is -0.493 e. The SMILES string of the molecule is COc1ccc(C(OC=O)c2ccccc2)c([N+](=O)[O-])c1OC. The predicted octanol–water partition coefficient (Wildman–Crippen LogP) is 2.87. The zero-order valence-corrected chi connectivity index (χ0v) is 12.6. The summed E-state index contributed by atoms with van der Waals surface area (Å²) in [6.07, 6.45) is -0.922. The molecule has 0 aliphatic carbocycles. The fourth-order valence-electron chi connectivity index (χ4n) is 2.34. The molecule has 0 aromatic heterocycles. The van der Waals surface area contributed by atoms with Crippen molar-refractivity contribution in [3.8, 4) is 11.5 Å². The number of benzene rings is 2. The van der Waals surface area contributed by atoms with Crippen LogP contribution >= 0.6 is 0 Å². The second-order valence-electron chi connectivity index (χ2n) is 4.52. The molecule has 7 nitrogen and oxygen atoms in total. The lowest BCUT2D eigenvalue weighted by molar-refractivity contribution is -0.387. The van der Waals surface area contributed by atoms with Crippen LogP contribution in [0, 0.1) is 10.1 Å². The summed E-state index contributed by atoms with van der Waals surface area (Å²) in [6.45, 7) is 0.262. The second-order valence-corrected chi connectivity index (χ2v) is 4.52. The molecule has 0 N–H and O–H groups in total. The number of nitro groups is 1. The normalized spacial score (nSPS) is 11.4. The molecular formula is C16H15NO6. The lowest BCUT2D eigenvalue weighted by Crippen LogP contribution is -2.09. The number of methoxy groups -OCH3 is 2. The van der Waals surface area contributed by atoms with Crippen LogP contribution in [0.1, 0.15) is 17.2 Å². The molecule has 23 heavy (non-hydrogen) atoms. The molecule has 2 rings (SSSR count). The van der Waals surface area contributed by atoms with E-state index in [4.69, 9.17) is 14.2 Å². The van der Waals surface area contributed by atoms with Crippen LogP contribution in [0.25, 0.3) is 0 Å². The van der Waals surface area contributed by atoms with Gasteiger partial charge in [-0.1, -0.05) is 30.3 Å². The van der Waals surface area contributed by atoms with Crippen LogP contribution in [0.15, 0.2) is 42.5 Å². The van der Waals surface area contributed by atoms with Crippen molar-refractivity contribution in [3.05, 3.63) is 63.7 Å². The van der Waals surface area contributed by atoms with Crippen LogP contribution in [-0.4, -0.2) is 25.6 Å². The first-order valence-electron chi connectivity index (χ1n) is 6.67. The van der Waals surface area contributed by atoms with E-state index in [0.29, 0.717) is 5.56 Å². The second kappa shape index (κ2) is 7.26. The van der Waals surface area contributed by atoms with Crippen molar-refractivity contribution in [2.45, 2.75) is 6.10 Å². The Bertz CT molecular complexity index is 701. The van der Waals surface area contributed by atoms with Gasteiger partial charge >= 0.3 is 5.69 Å². The van der Waals surface area contributed by atoms with E-state index in [1.165, 1.54) is 26.4 Å². The van der Waals surface area contributed by atoms with Gasteiger partial charge in [-0.05, 0) is 17.7 Å². The van der Waals surface area contributed by atoms with Crippen LogP contribution in [0.4, 0.5) is 5.69 Å². The van der Waals surface area contributed by atoms with E-state index in [2.05, 4.69) is 0 Å². The Morgan fingerprint density at radius 3 is 2.30 bits per heavy atom. The highest BCUT2D eigenvalue weighted by molar-refractivity contribution is 5.63. The summed E-state index contributed by atoms with van der Waals surface area (Å²) in [6, 6.07) is 11.8. The third-order valence-electron chi connectivity index (χ3n) is 3.31. The van der Waals surface area contributed by atoms with Gasteiger partial charge in [-0.2, -0.15) is 0 Å². The zero-order valence-electron chi connectivity index (χ0n) is 12.6. The molecule has 0 bridgehead atoms. The molecule has 1 unspecified atom stereocenters. The average molecular weight is 317 g/mol. The molecule has 0 saturated heterocycles. The maximum Gasteiger partial charge on any atom is 0.322 e. The third kappa shape index (κ3) is 3.23. The van der Waals surface area contributed by atoms with Gasteiger partial charge in [0.05, 0.1) is 24.7 Å². The molecule has 120 valence electrons. The summed E-state index contributed by atoms with van der Waals surface area (Å²) in [4.78, 5) is 21.8. The summed E-state index contributed by atoms with van der Waals surface area (Å²) in [5.41, 5.74) is 0.503. The van der Waals surface area contributed by atoms with E-state index in [1.807, 2.05) is 0 Å². The van der Waals surface area contributed by atoms with Gasteiger partial charge in [-0.15, -0.1) is 0 Å². The Kier molecular flexibility index (Phi) is 5.14. The summed E-state index contributed by atoms with van der Waals surface area (Å²) in [5.74, 6) is 0.200. The quantitative estimate of drug-likeness (QED) is 0.443. The highest BCUT2D eigenvalue weighted by atomic mass is 16.6. The van der Waals surface area contributed by atoms with Gasteiger partial charge in [0.2, 0.25) is 5.75 Å². The standard InChI is InChI=1S/C16H15NO6/c1-21-13-9-8-12(14(17(19)20)16(13)22-2)15(23-10-18)11-6-4-3-5-7-11/h3-10,15H,1-2H3. The molecular weight excluding hydrogens is 302 g/mol. The van der Waals surface area contributed by atoms with Crippen molar-refractivity contribution in [2.75, 3.05) is 14.2 Å². The van der Waals surface area contributed by atoms with Crippen molar-refractivity contribution < 1.29 is 23.9 Å². The van der Waals surface area contributed by atoms with Crippen molar-refractivity contribution in [1.29, 1.82) is 0 Å². The van der Waals surface area contributed by atoms with Gasteiger partial charge in [0, 0.05) is 0 Å². The third-order valence-corrected chi connectivity index (χ3v) is 3.31. The lowest BCUT2D eigenvalue weighted by atomic mass is 9.99. The van der Waals surface area contributed by atoms with Crippen LogP contribution in [0.3, 0.4) is 0 Å². The molecule has 0 saturated carbocycles. The smallest absolute Gasteiger partial charge is 0.322 e. The van der Waals surface area contributed by atoms with Crippen molar-refractivity contribution in [1.82, 2.24) is 0 Å². The molecule has 1 atom stereocenters. The first-order valence-corrected chi connectivity index (χ1v) is 6.67. The Hall–Kier alpha value is -3.09. The minimum atomic E-state index is -0.922. The number of carbonyl (C=O) groups excluding carboxylic acids is 1. The van der Waals surface area contributed by atoms with E-state index in [9.17, 15) is 14.9 Å².